The fraction of sp³-hybridized carbons (Fsp3) is 0.133. The van der Waals surface area contributed by atoms with Crippen LogP contribution in [0, 0.1) is 6.92 Å². The van der Waals surface area contributed by atoms with Crippen molar-refractivity contribution in [1.29, 1.82) is 0 Å². The van der Waals surface area contributed by atoms with Crippen LogP contribution in [-0.2, 0) is 0 Å². The van der Waals surface area contributed by atoms with Crippen molar-refractivity contribution in [3.05, 3.63) is 114 Å². The van der Waals surface area contributed by atoms with E-state index in [-0.39, 0.29) is 0 Å². The minimum Gasteiger partial charge on any atom is -0.228 e. The van der Waals surface area contributed by atoms with Crippen molar-refractivity contribution in [3.63, 3.8) is 0 Å². The summed E-state index contributed by atoms with van der Waals surface area (Å²) in [5, 5.41) is 0. The summed E-state index contributed by atoms with van der Waals surface area (Å²) in [4.78, 5) is 9.98. The molecule has 1 heterocycles. The zero-order chi connectivity index (χ0) is 22.3. The van der Waals surface area contributed by atoms with E-state index in [2.05, 4.69) is 99.7 Å². The maximum atomic E-state index is 5.00. The highest BCUT2D eigenvalue weighted by atomic mass is 14.9. The van der Waals surface area contributed by atoms with E-state index in [0.717, 1.165) is 40.3 Å². The Morgan fingerprint density at radius 2 is 1.41 bits per heavy atom. The molecule has 0 fully saturated rings. The monoisotopic (exact) mass is 416 g/mol. The molecule has 0 saturated carbocycles. The largest absolute Gasteiger partial charge is 0.228 e. The Labute approximate surface area is 191 Å². The highest BCUT2D eigenvalue weighted by Crippen LogP contribution is 2.30. The molecule has 0 amide bonds. The Kier molecular flexibility index (Phi) is 6.72. The van der Waals surface area contributed by atoms with Gasteiger partial charge in [0, 0.05) is 11.1 Å². The molecule has 32 heavy (non-hydrogen) atoms. The standard InChI is InChI=1S/C30H28N2/c1-4-6-13-23(5-2)28-21-29(25-16-11-8-12-17-25)32-30(31-28)27-19-22(3)18-26(20-27)24-14-9-7-10-15-24/h5-21H,4H2,1-3H3/b13-6-,23-5+. The molecule has 1 aromatic heterocycles. The van der Waals surface area contributed by atoms with Crippen molar-refractivity contribution in [1.82, 2.24) is 9.97 Å². The summed E-state index contributed by atoms with van der Waals surface area (Å²) in [6, 6.07) is 29.4. The lowest BCUT2D eigenvalue weighted by Gasteiger charge is -2.12. The van der Waals surface area contributed by atoms with Gasteiger partial charge in [0.05, 0.1) is 11.4 Å². The van der Waals surface area contributed by atoms with E-state index in [1.165, 1.54) is 16.7 Å². The second kappa shape index (κ2) is 10.0. The molecule has 0 unspecified atom stereocenters. The highest BCUT2D eigenvalue weighted by molar-refractivity contribution is 5.77. The molecule has 0 aliphatic rings. The van der Waals surface area contributed by atoms with Crippen molar-refractivity contribution >= 4 is 5.57 Å². The number of aryl methyl sites for hydroxylation is 1. The molecule has 158 valence electrons. The van der Waals surface area contributed by atoms with Crippen molar-refractivity contribution in [2.24, 2.45) is 0 Å². The molecule has 0 aliphatic carbocycles. The Morgan fingerprint density at radius 3 is 2.06 bits per heavy atom. The van der Waals surface area contributed by atoms with E-state index in [1.807, 2.05) is 24.3 Å². The Morgan fingerprint density at radius 1 is 0.750 bits per heavy atom. The number of allylic oxidation sites excluding steroid dienone is 4. The molecule has 2 nitrogen and oxygen atoms in total. The molecule has 3 aromatic carbocycles. The average molecular weight is 417 g/mol. The van der Waals surface area contributed by atoms with Crippen LogP contribution in [0.2, 0.25) is 0 Å². The highest BCUT2D eigenvalue weighted by Gasteiger charge is 2.12. The summed E-state index contributed by atoms with van der Waals surface area (Å²) in [6.07, 6.45) is 7.41. The first-order chi connectivity index (χ1) is 15.7. The van der Waals surface area contributed by atoms with Crippen LogP contribution in [-0.4, -0.2) is 9.97 Å². The van der Waals surface area contributed by atoms with Crippen molar-refractivity contribution in [2.45, 2.75) is 27.2 Å². The van der Waals surface area contributed by atoms with E-state index >= 15 is 0 Å². The van der Waals surface area contributed by atoms with Crippen LogP contribution in [0.4, 0.5) is 0 Å². The van der Waals surface area contributed by atoms with Gasteiger partial charge in [0.15, 0.2) is 5.82 Å². The van der Waals surface area contributed by atoms with Crippen LogP contribution in [0.5, 0.6) is 0 Å². The van der Waals surface area contributed by atoms with Gasteiger partial charge in [-0.2, -0.15) is 0 Å². The smallest absolute Gasteiger partial charge is 0.160 e. The molecule has 2 heteroatoms. The van der Waals surface area contributed by atoms with Gasteiger partial charge in [-0.1, -0.05) is 91.9 Å². The van der Waals surface area contributed by atoms with Crippen LogP contribution in [0.3, 0.4) is 0 Å². The fourth-order valence-electron chi connectivity index (χ4n) is 3.76. The summed E-state index contributed by atoms with van der Waals surface area (Å²) in [5.74, 6) is 0.742. The van der Waals surface area contributed by atoms with Gasteiger partial charge in [-0.3, -0.25) is 0 Å². The molecule has 4 aromatic rings. The second-order valence-corrected chi connectivity index (χ2v) is 7.84. The van der Waals surface area contributed by atoms with Gasteiger partial charge in [-0.15, -0.1) is 0 Å². The molecular formula is C30H28N2. The zero-order valence-corrected chi connectivity index (χ0v) is 18.9. The predicted octanol–water partition coefficient (Wildman–Crippen LogP) is 8.16. The first-order valence-electron chi connectivity index (χ1n) is 11.1. The topological polar surface area (TPSA) is 25.8 Å². The number of aromatic nitrogens is 2. The summed E-state index contributed by atoms with van der Waals surface area (Å²) in [6.45, 7) is 6.32. The fourth-order valence-corrected chi connectivity index (χ4v) is 3.76. The number of hydrogen-bond donors (Lipinski definition) is 0. The van der Waals surface area contributed by atoms with E-state index in [0.29, 0.717) is 0 Å². The molecule has 0 aliphatic heterocycles. The lowest BCUT2D eigenvalue weighted by atomic mass is 9.99. The van der Waals surface area contributed by atoms with Crippen LogP contribution < -0.4 is 0 Å². The average Bonchev–Trinajstić information content (AvgIpc) is 2.85. The molecule has 0 N–H and O–H groups in total. The minimum atomic E-state index is 0.742. The van der Waals surface area contributed by atoms with Gasteiger partial charge in [0.1, 0.15) is 0 Å². The summed E-state index contributed by atoms with van der Waals surface area (Å²) in [5.41, 5.74) is 8.63. The third kappa shape index (κ3) is 4.92. The molecule has 0 atom stereocenters. The van der Waals surface area contributed by atoms with Crippen molar-refractivity contribution in [3.8, 4) is 33.8 Å². The molecule has 0 spiro atoms. The van der Waals surface area contributed by atoms with Gasteiger partial charge in [0.2, 0.25) is 0 Å². The van der Waals surface area contributed by atoms with Crippen LogP contribution in [0.1, 0.15) is 31.5 Å². The summed E-state index contributed by atoms with van der Waals surface area (Å²) >= 11 is 0. The van der Waals surface area contributed by atoms with Gasteiger partial charge in [0.25, 0.3) is 0 Å². The van der Waals surface area contributed by atoms with Gasteiger partial charge in [-0.05, 0) is 60.7 Å². The van der Waals surface area contributed by atoms with E-state index in [1.54, 1.807) is 0 Å². The number of hydrogen-bond acceptors (Lipinski definition) is 2. The van der Waals surface area contributed by atoms with Gasteiger partial charge >= 0.3 is 0 Å². The SMILES string of the molecule is C/C=C(\C=C/CC)c1cc(-c2ccccc2)nc(-c2cc(C)cc(-c3ccccc3)c2)n1. The summed E-state index contributed by atoms with van der Waals surface area (Å²) < 4.78 is 0. The maximum Gasteiger partial charge on any atom is 0.160 e. The van der Waals surface area contributed by atoms with Crippen LogP contribution in [0.25, 0.3) is 39.3 Å². The van der Waals surface area contributed by atoms with Crippen LogP contribution in [0.15, 0.2) is 103 Å². The number of nitrogens with zero attached hydrogens (tertiary/aromatic N) is 2. The first kappa shape index (κ1) is 21.5. The maximum absolute atomic E-state index is 5.00. The normalized spacial score (nSPS) is 11.8. The summed E-state index contributed by atoms with van der Waals surface area (Å²) in [7, 11) is 0. The third-order valence-corrected chi connectivity index (χ3v) is 5.38. The first-order valence-corrected chi connectivity index (χ1v) is 11.1. The Hall–Kier alpha value is -3.78. The van der Waals surface area contributed by atoms with E-state index in [4.69, 9.17) is 9.97 Å². The molecule has 0 bridgehead atoms. The minimum absolute atomic E-state index is 0.742. The molecule has 0 radical (unpaired) electrons. The van der Waals surface area contributed by atoms with Gasteiger partial charge < -0.3 is 0 Å². The lowest BCUT2D eigenvalue weighted by molar-refractivity contribution is 1.15. The number of benzene rings is 3. The lowest BCUT2D eigenvalue weighted by Crippen LogP contribution is -1.98. The molecule has 0 saturated heterocycles. The number of rotatable bonds is 6. The predicted molar refractivity (Wildman–Crippen MR) is 136 cm³/mol. The van der Waals surface area contributed by atoms with E-state index < -0.39 is 0 Å². The second-order valence-electron chi connectivity index (χ2n) is 7.84. The van der Waals surface area contributed by atoms with Gasteiger partial charge in [-0.25, -0.2) is 9.97 Å². The third-order valence-electron chi connectivity index (χ3n) is 5.38. The quantitative estimate of drug-likeness (QED) is 0.296. The van der Waals surface area contributed by atoms with Crippen molar-refractivity contribution < 1.29 is 0 Å². The van der Waals surface area contributed by atoms with Crippen molar-refractivity contribution in [2.75, 3.05) is 0 Å². The van der Waals surface area contributed by atoms with Crippen LogP contribution >= 0.6 is 0 Å². The van der Waals surface area contributed by atoms with E-state index in [9.17, 15) is 0 Å². The zero-order valence-electron chi connectivity index (χ0n) is 18.9. The molecular weight excluding hydrogens is 388 g/mol. The Bertz CT molecular complexity index is 1250. The Balaban J connectivity index is 1.90. The molecule has 4 rings (SSSR count).